The predicted octanol–water partition coefficient (Wildman–Crippen LogP) is 4.78. The van der Waals surface area contributed by atoms with Crippen LogP contribution in [0.15, 0.2) is 71.5 Å². The minimum Gasteiger partial charge on any atom is -0.497 e. The number of hydrogen-bond acceptors (Lipinski definition) is 5. The molecule has 33 heavy (non-hydrogen) atoms. The van der Waals surface area contributed by atoms with Crippen molar-refractivity contribution in [1.82, 2.24) is 9.55 Å². The Bertz CT molecular complexity index is 1300. The fourth-order valence-corrected chi connectivity index (χ4v) is 3.68. The zero-order valence-corrected chi connectivity index (χ0v) is 19.2. The molecule has 4 rings (SSSR count). The summed E-state index contributed by atoms with van der Waals surface area (Å²) in [6.07, 6.45) is 0. The van der Waals surface area contributed by atoms with Crippen molar-refractivity contribution in [2.75, 3.05) is 26.9 Å². The van der Waals surface area contributed by atoms with E-state index in [1.807, 2.05) is 61.5 Å². The summed E-state index contributed by atoms with van der Waals surface area (Å²) in [5.41, 5.74) is 3.77. The molecule has 1 aromatic heterocycles. The maximum absolute atomic E-state index is 13.2. The van der Waals surface area contributed by atoms with E-state index in [-0.39, 0.29) is 5.56 Å². The topological polar surface area (TPSA) is 62.6 Å². The molecule has 3 aromatic carbocycles. The van der Waals surface area contributed by atoms with Gasteiger partial charge < -0.3 is 14.2 Å². The third-order valence-corrected chi connectivity index (χ3v) is 5.71. The monoisotopic (exact) mass is 444 g/mol. The molecule has 0 saturated carbocycles. The van der Waals surface area contributed by atoms with Gasteiger partial charge >= 0.3 is 0 Å². The van der Waals surface area contributed by atoms with Crippen LogP contribution in [-0.4, -0.2) is 36.5 Å². The Morgan fingerprint density at radius 3 is 2.45 bits per heavy atom. The molecule has 0 aliphatic rings. The van der Waals surface area contributed by atoms with Gasteiger partial charge in [-0.1, -0.05) is 24.3 Å². The van der Waals surface area contributed by atoms with E-state index >= 15 is 0 Å². The van der Waals surface area contributed by atoms with Gasteiger partial charge in [0.05, 0.1) is 37.8 Å². The summed E-state index contributed by atoms with van der Waals surface area (Å²) in [4.78, 5) is 18.0. The highest BCUT2D eigenvalue weighted by atomic mass is 16.5. The Kier molecular flexibility index (Phi) is 7.05. The van der Waals surface area contributed by atoms with Crippen molar-refractivity contribution in [3.05, 3.63) is 88.2 Å². The summed E-state index contributed by atoms with van der Waals surface area (Å²) in [7, 11) is 1.63. The summed E-state index contributed by atoms with van der Waals surface area (Å²) in [6.45, 7) is 5.75. The number of para-hydroxylation sites is 1. The van der Waals surface area contributed by atoms with Crippen LogP contribution in [0, 0.1) is 13.8 Å². The van der Waals surface area contributed by atoms with Crippen LogP contribution in [0.2, 0.25) is 0 Å². The Balaban J connectivity index is 1.47. The maximum atomic E-state index is 13.2. The van der Waals surface area contributed by atoms with Crippen LogP contribution < -0.4 is 15.0 Å². The van der Waals surface area contributed by atoms with Crippen molar-refractivity contribution < 1.29 is 14.2 Å². The second kappa shape index (κ2) is 10.3. The molecule has 0 radical (unpaired) electrons. The SMILES string of the molecule is COc1ccc(-c2nc3ccccc3c(=O)n2CCOCCOc2cccc(C)c2C)cc1. The van der Waals surface area contributed by atoms with E-state index in [1.54, 1.807) is 17.7 Å². The number of ether oxygens (including phenoxy) is 3. The number of aromatic nitrogens is 2. The number of rotatable bonds is 9. The van der Waals surface area contributed by atoms with Crippen molar-refractivity contribution in [1.29, 1.82) is 0 Å². The summed E-state index contributed by atoms with van der Waals surface area (Å²) < 4.78 is 18.6. The van der Waals surface area contributed by atoms with E-state index in [9.17, 15) is 4.79 Å². The lowest BCUT2D eigenvalue weighted by Crippen LogP contribution is -2.26. The molecule has 0 aliphatic heterocycles. The van der Waals surface area contributed by atoms with Gasteiger partial charge in [0.1, 0.15) is 23.9 Å². The van der Waals surface area contributed by atoms with E-state index in [2.05, 4.69) is 13.0 Å². The van der Waals surface area contributed by atoms with Crippen LogP contribution in [0.4, 0.5) is 0 Å². The van der Waals surface area contributed by atoms with Crippen LogP contribution in [0.25, 0.3) is 22.3 Å². The minimum absolute atomic E-state index is 0.0818. The van der Waals surface area contributed by atoms with Crippen LogP contribution in [0.3, 0.4) is 0 Å². The molecule has 0 saturated heterocycles. The van der Waals surface area contributed by atoms with Crippen LogP contribution >= 0.6 is 0 Å². The third-order valence-electron chi connectivity index (χ3n) is 5.71. The van der Waals surface area contributed by atoms with Crippen molar-refractivity contribution in [3.63, 3.8) is 0 Å². The highest BCUT2D eigenvalue weighted by Gasteiger charge is 2.13. The summed E-state index contributed by atoms with van der Waals surface area (Å²) >= 11 is 0. The Morgan fingerprint density at radius 2 is 1.67 bits per heavy atom. The lowest BCUT2D eigenvalue weighted by Gasteiger charge is -2.15. The van der Waals surface area contributed by atoms with Crippen LogP contribution in [0.5, 0.6) is 11.5 Å². The first-order valence-electron chi connectivity index (χ1n) is 11.0. The maximum Gasteiger partial charge on any atom is 0.261 e. The molecule has 6 heteroatoms. The van der Waals surface area contributed by atoms with Gasteiger partial charge in [-0.25, -0.2) is 4.98 Å². The average Bonchev–Trinajstić information content (AvgIpc) is 2.85. The molecule has 1 heterocycles. The quantitative estimate of drug-likeness (QED) is 0.348. The number of benzene rings is 3. The Hall–Kier alpha value is -3.64. The number of methoxy groups -OCH3 is 1. The fourth-order valence-electron chi connectivity index (χ4n) is 3.68. The molecular weight excluding hydrogens is 416 g/mol. The first kappa shape index (κ1) is 22.6. The van der Waals surface area contributed by atoms with Crippen LogP contribution in [0.1, 0.15) is 11.1 Å². The van der Waals surface area contributed by atoms with Crippen molar-refractivity contribution >= 4 is 10.9 Å². The molecule has 170 valence electrons. The molecule has 0 aliphatic carbocycles. The molecule has 0 atom stereocenters. The summed E-state index contributed by atoms with van der Waals surface area (Å²) in [5, 5.41) is 0.591. The van der Waals surface area contributed by atoms with Gasteiger partial charge in [0, 0.05) is 5.56 Å². The smallest absolute Gasteiger partial charge is 0.261 e. The molecule has 0 fully saturated rings. The fraction of sp³-hybridized carbons (Fsp3) is 0.259. The third kappa shape index (κ3) is 5.07. The second-order valence-electron chi connectivity index (χ2n) is 7.80. The number of nitrogens with zero attached hydrogens (tertiary/aromatic N) is 2. The summed E-state index contributed by atoms with van der Waals surface area (Å²) in [5.74, 6) is 2.23. The molecule has 0 unspecified atom stereocenters. The van der Waals surface area contributed by atoms with Gasteiger partial charge in [0.15, 0.2) is 0 Å². The Morgan fingerprint density at radius 1 is 0.879 bits per heavy atom. The summed E-state index contributed by atoms with van der Waals surface area (Å²) in [6, 6.07) is 20.9. The molecule has 0 bridgehead atoms. The molecule has 0 amide bonds. The van der Waals surface area contributed by atoms with Crippen molar-refractivity contribution in [2.45, 2.75) is 20.4 Å². The normalized spacial score (nSPS) is 11.0. The van der Waals surface area contributed by atoms with Gasteiger partial charge in [-0.2, -0.15) is 0 Å². The highest BCUT2D eigenvalue weighted by molar-refractivity contribution is 5.79. The number of fused-ring (bicyclic) bond motifs is 1. The van der Waals surface area contributed by atoms with Crippen molar-refractivity contribution in [2.24, 2.45) is 0 Å². The second-order valence-corrected chi connectivity index (χ2v) is 7.80. The number of hydrogen-bond donors (Lipinski definition) is 0. The zero-order valence-electron chi connectivity index (χ0n) is 19.2. The van der Waals surface area contributed by atoms with Gasteiger partial charge in [0.2, 0.25) is 0 Å². The van der Waals surface area contributed by atoms with E-state index in [4.69, 9.17) is 19.2 Å². The average molecular weight is 445 g/mol. The van der Waals surface area contributed by atoms with Gasteiger partial charge in [-0.05, 0) is 67.4 Å². The first-order chi connectivity index (χ1) is 16.1. The molecule has 0 spiro atoms. The zero-order chi connectivity index (χ0) is 23.2. The molecule has 0 N–H and O–H groups in total. The Labute approximate surface area is 193 Å². The molecular formula is C27H28N2O4. The van der Waals surface area contributed by atoms with Crippen molar-refractivity contribution in [3.8, 4) is 22.9 Å². The van der Waals surface area contributed by atoms with E-state index in [0.717, 1.165) is 22.6 Å². The number of aryl methyl sites for hydroxylation is 1. The van der Waals surface area contributed by atoms with Gasteiger partial charge in [-0.3, -0.25) is 9.36 Å². The largest absolute Gasteiger partial charge is 0.497 e. The van der Waals surface area contributed by atoms with E-state index < -0.39 is 0 Å². The van der Waals surface area contributed by atoms with E-state index in [0.29, 0.717) is 43.1 Å². The lowest BCUT2D eigenvalue weighted by molar-refractivity contribution is 0.0938. The lowest BCUT2D eigenvalue weighted by atomic mass is 10.1. The first-order valence-corrected chi connectivity index (χ1v) is 11.0. The minimum atomic E-state index is -0.0818. The molecule has 4 aromatic rings. The molecule has 6 nitrogen and oxygen atoms in total. The standard InChI is InChI=1S/C27H28N2O4/c1-19-7-6-10-25(20(19)2)33-18-17-32-16-15-29-26(21-11-13-22(31-3)14-12-21)28-24-9-5-4-8-23(24)27(29)30/h4-14H,15-18H2,1-3H3. The van der Waals surface area contributed by atoms with Gasteiger partial charge in [-0.15, -0.1) is 0 Å². The van der Waals surface area contributed by atoms with Crippen LogP contribution in [-0.2, 0) is 11.3 Å². The van der Waals surface area contributed by atoms with Gasteiger partial charge in [0.25, 0.3) is 5.56 Å². The highest BCUT2D eigenvalue weighted by Crippen LogP contribution is 2.22. The predicted molar refractivity (Wildman–Crippen MR) is 130 cm³/mol. The van der Waals surface area contributed by atoms with E-state index in [1.165, 1.54) is 5.56 Å².